The molecule has 0 radical (unpaired) electrons. The van der Waals surface area contributed by atoms with Crippen molar-refractivity contribution >= 4 is 15.9 Å². The van der Waals surface area contributed by atoms with Gasteiger partial charge in [0.25, 0.3) is 0 Å². The van der Waals surface area contributed by atoms with Crippen LogP contribution >= 0.6 is 0 Å². The van der Waals surface area contributed by atoms with Crippen LogP contribution in [0.4, 0.5) is 0 Å². The molecule has 6 nitrogen and oxygen atoms in total. The van der Waals surface area contributed by atoms with Gasteiger partial charge in [-0.2, -0.15) is 0 Å². The van der Waals surface area contributed by atoms with Gasteiger partial charge in [-0.05, 0) is 19.4 Å². The second kappa shape index (κ2) is 6.67. The van der Waals surface area contributed by atoms with Crippen LogP contribution in [0, 0.1) is 5.92 Å². The molecule has 1 heterocycles. The first-order chi connectivity index (χ1) is 8.69. The number of hydrogen-bond acceptors (Lipinski definition) is 4. The lowest BCUT2D eigenvalue weighted by atomic mass is 10.0. The van der Waals surface area contributed by atoms with Gasteiger partial charge in [0.15, 0.2) is 0 Å². The van der Waals surface area contributed by atoms with Crippen LogP contribution in [0.1, 0.15) is 20.3 Å². The van der Waals surface area contributed by atoms with Gasteiger partial charge in [-0.15, -0.1) is 0 Å². The Morgan fingerprint density at radius 2 is 1.74 bits per heavy atom. The number of likely N-dealkylation sites (N-methyl/N-ethyl adjacent to an activating group) is 1. The van der Waals surface area contributed by atoms with E-state index in [1.807, 2.05) is 20.9 Å². The second-order valence-corrected chi connectivity index (χ2v) is 7.48. The molecular weight excluding hydrogens is 266 g/mol. The van der Waals surface area contributed by atoms with E-state index in [4.69, 9.17) is 0 Å². The summed E-state index contributed by atoms with van der Waals surface area (Å²) in [6.45, 7) is 6.95. The summed E-state index contributed by atoms with van der Waals surface area (Å²) in [6.07, 6.45) is 1.62. The number of rotatable bonds is 5. The van der Waals surface area contributed by atoms with Gasteiger partial charge in [0, 0.05) is 26.2 Å². The van der Waals surface area contributed by atoms with E-state index in [1.165, 1.54) is 0 Å². The summed E-state index contributed by atoms with van der Waals surface area (Å²) in [5, 5.41) is 0. The lowest BCUT2D eigenvalue weighted by Gasteiger charge is -2.35. The van der Waals surface area contributed by atoms with Crippen LogP contribution in [-0.2, 0) is 14.8 Å². The molecule has 1 saturated heterocycles. The van der Waals surface area contributed by atoms with Crippen molar-refractivity contribution in [3.8, 4) is 0 Å². The van der Waals surface area contributed by atoms with Crippen molar-refractivity contribution < 1.29 is 13.2 Å². The average molecular weight is 291 g/mol. The molecule has 1 amide bonds. The van der Waals surface area contributed by atoms with Gasteiger partial charge in [-0.1, -0.05) is 13.8 Å². The Morgan fingerprint density at radius 3 is 2.16 bits per heavy atom. The molecular formula is C12H25N3O3S. The molecule has 1 atom stereocenters. The van der Waals surface area contributed by atoms with Gasteiger partial charge in [0.05, 0.1) is 6.26 Å². The summed E-state index contributed by atoms with van der Waals surface area (Å²) in [5.74, 6) is 0.155. The first-order valence-electron chi connectivity index (χ1n) is 6.63. The number of carbonyl (C=O) groups is 1. The fourth-order valence-corrected chi connectivity index (χ4v) is 2.89. The summed E-state index contributed by atoms with van der Waals surface area (Å²) in [7, 11) is -1.36. The monoisotopic (exact) mass is 291 g/mol. The van der Waals surface area contributed by atoms with E-state index in [9.17, 15) is 13.2 Å². The van der Waals surface area contributed by atoms with Crippen molar-refractivity contribution in [3.63, 3.8) is 0 Å². The minimum absolute atomic E-state index is 0.104. The highest BCUT2D eigenvalue weighted by molar-refractivity contribution is 7.88. The van der Waals surface area contributed by atoms with Crippen molar-refractivity contribution in [3.05, 3.63) is 0 Å². The Morgan fingerprint density at radius 1 is 1.21 bits per heavy atom. The number of sulfonamides is 1. The first-order valence-corrected chi connectivity index (χ1v) is 8.53. The third-order valence-electron chi connectivity index (χ3n) is 3.18. The van der Waals surface area contributed by atoms with Crippen molar-refractivity contribution in [2.75, 3.05) is 39.5 Å². The topological polar surface area (TPSA) is 69.7 Å². The van der Waals surface area contributed by atoms with Gasteiger partial charge in [-0.25, -0.2) is 13.1 Å². The molecule has 1 fully saturated rings. The van der Waals surface area contributed by atoms with Crippen LogP contribution in [0.3, 0.4) is 0 Å². The third kappa shape index (κ3) is 5.88. The van der Waals surface area contributed by atoms with Crippen LogP contribution in [0.5, 0.6) is 0 Å². The SMILES string of the molecule is CC(C)C[C@H](NS(C)(=O)=O)C(=O)N1CCN(C)CC1. The van der Waals surface area contributed by atoms with Crippen molar-refractivity contribution in [2.24, 2.45) is 5.92 Å². The zero-order chi connectivity index (χ0) is 14.6. The van der Waals surface area contributed by atoms with E-state index >= 15 is 0 Å². The van der Waals surface area contributed by atoms with Crippen LogP contribution in [-0.4, -0.2) is 69.6 Å². The van der Waals surface area contributed by atoms with Gasteiger partial charge in [-0.3, -0.25) is 4.79 Å². The second-order valence-electron chi connectivity index (χ2n) is 5.70. The summed E-state index contributed by atoms with van der Waals surface area (Å²) in [4.78, 5) is 16.3. The quantitative estimate of drug-likeness (QED) is 0.757. The molecule has 0 saturated carbocycles. The van der Waals surface area contributed by atoms with Crippen LogP contribution in [0.25, 0.3) is 0 Å². The van der Waals surface area contributed by atoms with Gasteiger partial charge in [0.2, 0.25) is 15.9 Å². The molecule has 7 heteroatoms. The Balaban J connectivity index is 2.70. The largest absolute Gasteiger partial charge is 0.339 e. The third-order valence-corrected chi connectivity index (χ3v) is 3.89. The molecule has 0 aromatic rings. The maximum atomic E-state index is 12.4. The lowest BCUT2D eigenvalue weighted by molar-refractivity contribution is -0.135. The standard InChI is InChI=1S/C12H25N3O3S/c1-10(2)9-11(13-19(4,17)18)12(16)15-7-5-14(3)6-8-15/h10-11,13H,5-9H2,1-4H3/t11-/m0/s1. The molecule has 0 unspecified atom stereocenters. The van der Waals surface area contributed by atoms with E-state index in [-0.39, 0.29) is 11.8 Å². The van der Waals surface area contributed by atoms with Crippen LogP contribution in [0.15, 0.2) is 0 Å². The van der Waals surface area contributed by atoms with Crippen molar-refractivity contribution in [1.29, 1.82) is 0 Å². The Kier molecular flexibility index (Phi) is 5.76. The highest BCUT2D eigenvalue weighted by Crippen LogP contribution is 2.10. The van der Waals surface area contributed by atoms with Crippen molar-refractivity contribution in [1.82, 2.24) is 14.5 Å². The first kappa shape index (κ1) is 16.4. The minimum atomic E-state index is -3.37. The number of carbonyl (C=O) groups excluding carboxylic acids is 1. The Labute approximate surface area is 116 Å². The van der Waals surface area contributed by atoms with E-state index < -0.39 is 16.1 Å². The number of hydrogen-bond donors (Lipinski definition) is 1. The van der Waals surface area contributed by atoms with E-state index in [2.05, 4.69) is 9.62 Å². The molecule has 112 valence electrons. The number of nitrogens with zero attached hydrogens (tertiary/aromatic N) is 2. The molecule has 0 aliphatic carbocycles. The molecule has 0 spiro atoms. The maximum absolute atomic E-state index is 12.4. The zero-order valence-corrected chi connectivity index (χ0v) is 13.0. The van der Waals surface area contributed by atoms with Crippen LogP contribution in [0.2, 0.25) is 0 Å². The van der Waals surface area contributed by atoms with Gasteiger partial charge in [0.1, 0.15) is 6.04 Å². The summed E-state index contributed by atoms with van der Waals surface area (Å²) >= 11 is 0. The van der Waals surface area contributed by atoms with Crippen LogP contribution < -0.4 is 4.72 Å². The summed E-state index contributed by atoms with van der Waals surface area (Å²) < 4.78 is 25.2. The molecule has 1 aliphatic heterocycles. The van der Waals surface area contributed by atoms with E-state index in [0.29, 0.717) is 19.5 Å². The molecule has 1 aliphatic rings. The predicted molar refractivity (Wildman–Crippen MR) is 75.3 cm³/mol. The lowest BCUT2D eigenvalue weighted by Crippen LogP contribution is -2.54. The number of piperazine rings is 1. The predicted octanol–water partition coefficient (Wildman–Crippen LogP) is -0.276. The average Bonchev–Trinajstić information content (AvgIpc) is 2.25. The molecule has 0 aromatic carbocycles. The highest BCUT2D eigenvalue weighted by Gasteiger charge is 2.29. The number of nitrogens with one attached hydrogen (secondary N) is 1. The summed E-state index contributed by atoms with van der Waals surface area (Å²) in [5.41, 5.74) is 0. The Hall–Kier alpha value is -0.660. The zero-order valence-electron chi connectivity index (χ0n) is 12.2. The smallest absolute Gasteiger partial charge is 0.240 e. The molecule has 1 N–H and O–H groups in total. The fourth-order valence-electron chi connectivity index (χ4n) is 2.18. The van der Waals surface area contributed by atoms with E-state index in [1.54, 1.807) is 4.90 Å². The Bertz CT molecular complexity index is 400. The minimum Gasteiger partial charge on any atom is -0.339 e. The molecule has 19 heavy (non-hydrogen) atoms. The fraction of sp³-hybridized carbons (Fsp3) is 0.917. The molecule has 1 rings (SSSR count). The van der Waals surface area contributed by atoms with Gasteiger partial charge < -0.3 is 9.80 Å². The van der Waals surface area contributed by atoms with Crippen molar-refractivity contribution in [2.45, 2.75) is 26.3 Å². The number of amides is 1. The molecule has 0 aromatic heterocycles. The maximum Gasteiger partial charge on any atom is 0.240 e. The van der Waals surface area contributed by atoms with Gasteiger partial charge >= 0.3 is 0 Å². The summed E-state index contributed by atoms with van der Waals surface area (Å²) in [6, 6.07) is -0.640. The highest BCUT2D eigenvalue weighted by atomic mass is 32.2. The normalized spacial score (nSPS) is 19.7. The van der Waals surface area contributed by atoms with E-state index in [0.717, 1.165) is 19.3 Å². The molecule has 0 bridgehead atoms.